The summed E-state index contributed by atoms with van der Waals surface area (Å²) < 4.78 is 5.15. The van der Waals surface area contributed by atoms with E-state index in [1.54, 1.807) is 27.0 Å². The lowest BCUT2D eigenvalue weighted by molar-refractivity contribution is 0.0464. The average molecular weight is 238 g/mol. The van der Waals surface area contributed by atoms with Crippen LogP contribution < -0.4 is 0 Å². The van der Waals surface area contributed by atoms with Crippen LogP contribution in [0, 0.1) is 0 Å². The summed E-state index contributed by atoms with van der Waals surface area (Å²) >= 11 is 0. The highest BCUT2D eigenvalue weighted by molar-refractivity contribution is 5.92. The van der Waals surface area contributed by atoms with Gasteiger partial charge in [0.15, 0.2) is 5.69 Å². The van der Waals surface area contributed by atoms with Gasteiger partial charge in [-0.05, 0) is 26.7 Å². The lowest BCUT2D eigenvalue weighted by Gasteiger charge is -2.33. The highest BCUT2D eigenvalue weighted by Gasteiger charge is 2.32. The first-order chi connectivity index (χ1) is 7.95. The molecule has 1 aromatic heterocycles. The molecule has 0 aromatic carbocycles. The van der Waals surface area contributed by atoms with Crippen LogP contribution in [-0.2, 0) is 0 Å². The fourth-order valence-corrected chi connectivity index (χ4v) is 1.50. The molecule has 0 spiro atoms. The number of carbonyl (C=O) groups is 1. The van der Waals surface area contributed by atoms with Crippen molar-refractivity contribution in [3.05, 3.63) is 17.5 Å². The molecule has 0 unspecified atom stereocenters. The van der Waals surface area contributed by atoms with E-state index in [4.69, 9.17) is 4.52 Å². The molecule has 1 fully saturated rings. The molecule has 0 atom stereocenters. The van der Waals surface area contributed by atoms with Gasteiger partial charge in [0.05, 0.1) is 12.1 Å². The molecule has 1 N–H and O–H groups in total. The van der Waals surface area contributed by atoms with E-state index in [0.29, 0.717) is 11.6 Å². The zero-order chi connectivity index (χ0) is 12.6. The molecule has 94 valence electrons. The van der Waals surface area contributed by atoms with Crippen LogP contribution in [0.25, 0.3) is 0 Å². The molecule has 1 saturated carbocycles. The number of amides is 1. The number of hydrogen-bond acceptors (Lipinski definition) is 4. The van der Waals surface area contributed by atoms with Gasteiger partial charge in [-0.25, -0.2) is 0 Å². The van der Waals surface area contributed by atoms with Crippen LogP contribution in [0.5, 0.6) is 0 Å². The second-order valence-electron chi connectivity index (χ2n) is 5.22. The second-order valence-corrected chi connectivity index (χ2v) is 5.22. The van der Waals surface area contributed by atoms with Crippen molar-refractivity contribution >= 4 is 5.91 Å². The topological polar surface area (TPSA) is 66.6 Å². The van der Waals surface area contributed by atoms with Gasteiger partial charge >= 0.3 is 0 Å². The standard InChI is InChI=1S/C12H18N2O3/c1-12(2,7-15)14(3)11(16)9-6-10(17-13-9)8-4-5-8/h6,8,15H,4-5,7H2,1-3H3. The maximum Gasteiger partial charge on any atom is 0.276 e. The van der Waals surface area contributed by atoms with Crippen LogP contribution >= 0.6 is 0 Å². The highest BCUT2D eigenvalue weighted by atomic mass is 16.5. The van der Waals surface area contributed by atoms with Gasteiger partial charge in [0.25, 0.3) is 5.91 Å². The molecule has 1 aliphatic carbocycles. The van der Waals surface area contributed by atoms with Gasteiger partial charge in [0.2, 0.25) is 0 Å². The van der Waals surface area contributed by atoms with E-state index in [1.807, 2.05) is 0 Å². The van der Waals surface area contributed by atoms with Gasteiger partial charge in [-0.3, -0.25) is 4.79 Å². The number of aliphatic hydroxyl groups excluding tert-OH is 1. The first kappa shape index (κ1) is 12.1. The molecule has 17 heavy (non-hydrogen) atoms. The van der Waals surface area contributed by atoms with E-state index in [1.165, 1.54) is 4.90 Å². The Hall–Kier alpha value is -1.36. The zero-order valence-corrected chi connectivity index (χ0v) is 10.4. The van der Waals surface area contributed by atoms with Gasteiger partial charge in [0.1, 0.15) is 5.76 Å². The van der Waals surface area contributed by atoms with Crippen molar-refractivity contribution in [1.29, 1.82) is 0 Å². The van der Waals surface area contributed by atoms with Crippen LogP contribution in [0.15, 0.2) is 10.6 Å². The van der Waals surface area contributed by atoms with Crippen molar-refractivity contribution in [3.63, 3.8) is 0 Å². The number of aromatic nitrogens is 1. The SMILES string of the molecule is CN(C(=O)c1cc(C2CC2)on1)C(C)(C)CO. The van der Waals surface area contributed by atoms with Crippen molar-refractivity contribution < 1.29 is 14.4 Å². The molecular weight excluding hydrogens is 220 g/mol. The lowest BCUT2D eigenvalue weighted by atomic mass is 10.0. The number of rotatable bonds is 4. The predicted molar refractivity (Wildman–Crippen MR) is 61.7 cm³/mol. The summed E-state index contributed by atoms with van der Waals surface area (Å²) in [7, 11) is 1.66. The third-order valence-electron chi connectivity index (χ3n) is 3.33. The van der Waals surface area contributed by atoms with E-state index >= 15 is 0 Å². The Bertz CT molecular complexity index is 421. The Labute approximate surface area is 100 Å². The molecular formula is C12H18N2O3. The van der Waals surface area contributed by atoms with E-state index in [0.717, 1.165) is 18.6 Å². The maximum absolute atomic E-state index is 12.1. The minimum absolute atomic E-state index is 0.0947. The van der Waals surface area contributed by atoms with Gasteiger partial charge in [-0.15, -0.1) is 0 Å². The second kappa shape index (κ2) is 4.14. The minimum Gasteiger partial charge on any atom is -0.394 e. The molecule has 2 rings (SSSR count). The van der Waals surface area contributed by atoms with Crippen molar-refractivity contribution in [1.82, 2.24) is 10.1 Å². The molecule has 5 nitrogen and oxygen atoms in total. The molecule has 0 saturated heterocycles. The quantitative estimate of drug-likeness (QED) is 0.861. The molecule has 1 aliphatic rings. The van der Waals surface area contributed by atoms with E-state index in [2.05, 4.69) is 5.16 Å². The number of hydrogen-bond donors (Lipinski definition) is 1. The lowest BCUT2D eigenvalue weighted by Crippen LogP contribution is -2.47. The molecule has 1 amide bonds. The maximum atomic E-state index is 12.1. The predicted octanol–water partition coefficient (Wildman–Crippen LogP) is 1.39. The van der Waals surface area contributed by atoms with Crippen LogP contribution in [0.1, 0.15) is 48.9 Å². The molecule has 1 aromatic rings. The summed E-state index contributed by atoms with van der Waals surface area (Å²) in [6.45, 7) is 3.50. The Morgan fingerprint density at radius 3 is 2.82 bits per heavy atom. The Kier molecular flexibility index (Phi) is 2.95. The molecule has 0 radical (unpaired) electrons. The van der Waals surface area contributed by atoms with Crippen molar-refractivity contribution in [3.8, 4) is 0 Å². The smallest absolute Gasteiger partial charge is 0.276 e. The Balaban J connectivity index is 2.12. The van der Waals surface area contributed by atoms with Gasteiger partial charge in [-0.1, -0.05) is 5.16 Å². The highest BCUT2D eigenvalue weighted by Crippen LogP contribution is 2.40. The van der Waals surface area contributed by atoms with Crippen molar-refractivity contribution in [2.45, 2.75) is 38.1 Å². The van der Waals surface area contributed by atoms with E-state index in [-0.39, 0.29) is 12.5 Å². The molecule has 0 aliphatic heterocycles. The molecule has 1 heterocycles. The summed E-state index contributed by atoms with van der Waals surface area (Å²) in [5.41, 5.74) is -0.286. The van der Waals surface area contributed by atoms with Crippen LogP contribution in [0.3, 0.4) is 0 Å². The number of aliphatic hydroxyl groups is 1. The number of nitrogens with zero attached hydrogens (tertiary/aromatic N) is 2. The van der Waals surface area contributed by atoms with Crippen LogP contribution in [0.4, 0.5) is 0 Å². The average Bonchev–Trinajstić information content (AvgIpc) is 3.05. The Morgan fingerprint density at radius 1 is 1.65 bits per heavy atom. The normalized spacial score (nSPS) is 16.0. The third kappa shape index (κ3) is 2.34. The zero-order valence-electron chi connectivity index (χ0n) is 10.4. The first-order valence-electron chi connectivity index (χ1n) is 5.81. The largest absolute Gasteiger partial charge is 0.394 e. The monoisotopic (exact) mass is 238 g/mol. The van der Waals surface area contributed by atoms with Gasteiger partial charge < -0.3 is 14.5 Å². The first-order valence-corrected chi connectivity index (χ1v) is 5.81. The minimum atomic E-state index is -0.601. The third-order valence-corrected chi connectivity index (χ3v) is 3.33. The van der Waals surface area contributed by atoms with Gasteiger partial charge in [0, 0.05) is 19.0 Å². The summed E-state index contributed by atoms with van der Waals surface area (Å²) in [4.78, 5) is 13.6. The van der Waals surface area contributed by atoms with E-state index in [9.17, 15) is 9.90 Å². The van der Waals surface area contributed by atoms with Crippen LogP contribution in [0.2, 0.25) is 0 Å². The van der Waals surface area contributed by atoms with Crippen molar-refractivity contribution in [2.24, 2.45) is 0 Å². The number of likely N-dealkylation sites (N-methyl/N-ethyl adjacent to an activating group) is 1. The van der Waals surface area contributed by atoms with Crippen molar-refractivity contribution in [2.75, 3.05) is 13.7 Å². The summed E-state index contributed by atoms with van der Waals surface area (Å²) in [5, 5.41) is 13.0. The Morgan fingerprint density at radius 2 is 2.29 bits per heavy atom. The fraction of sp³-hybridized carbons (Fsp3) is 0.667. The number of carbonyl (C=O) groups excluding carboxylic acids is 1. The molecule has 0 bridgehead atoms. The summed E-state index contributed by atoms with van der Waals surface area (Å²) in [5.74, 6) is 1.02. The van der Waals surface area contributed by atoms with Crippen LogP contribution in [-0.4, -0.2) is 40.3 Å². The molecule has 5 heteroatoms. The summed E-state index contributed by atoms with van der Waals surface area (Å²) in [6, 6.07) is 1.71. The van der Waals surface area contributed by atoms with E-state index < -0.39 is 5.54 Å². The van der Waals surface area contributed by atoms with Gasteiger partial charge in [-0.2, -0.15) is 0 Å². The fourth-order valence-electron chi connectivity index (χ4n) is 1.50. The summed E-state index contributed by atoms with van der Waals surface area (Å²) in [6.07, 6.45) is 2.22.